The quantitative estimate of drug-likeness (QED) is 0.872. The molecule has 0 aromatic carbocycles. The van der Waals surface area contributed by atoms with Crippen molar-refractivity contribution < 1.29 is 4.79 Å². The van der Waals surface area contributed by atoms with Crippen molar-refractivity contribution in [2.45, 2.75) is 37.6 Å². The van der Waals surface area contributed by atoms with Gasteiger partial charge in [0.1, 0.15) is 0 Å². The van der Waals surface area contributed by atoms with Gasteiger partial charge >= 0.3 is 0 Å². The van der Waals surface area contributed by atoms with Gasteiger partial charge in [0.15, 0.2) is 0 Å². The van der Waals surface area contributed by atoms with Gasteiger partial charge in [-0.15, -0.1) is 0 Å². The number of alkyl halides is 1. The highest BCUT2D eigenvalue weighted by Gasteiger charge is 2.32. The maximum atomic E-state index is 12.1. The molecule has 92 valence electrons. The average molecular weight is 297 g/mol. The molecule has 2 rings (SSSR count). The van der Waals surface area contributed by atoms with E-state index >= 15 is 0 Å². The normalized spacial score (nSPS) is 18.6. The lowest BCUT2D eigenvalue weighted by Crippen LogP contribution is -2.51. The molecule has 1 N–H and O–H groups in total. The minimum Gasteiger partial charge on any atom is -0.346 e. The summed E-state index contributed by atoms with van der Waals surface area (Å²) >= 11 is 3.54. The second kappa shape index (κ2) is 5.63. The topological polar surface area (TPSA) is 42.0 Å². The molecule has 0 saturated heterocycles. The Kier molecular flexibility index (Phi) is 4.15. The maximum Gasteiger partial charge on any atom is 0.251 e. The predicted molar refractivity (Wildman–Crippen MR) is 71.3 cm³/mol. The first-order valence-electron chi connectivity index (χ1n) is 6.04. The summed E-state index contributed by atoms with van der Waals surface area (Å²) in [5, 5.41) is 4.01. The lowest BCUT2D eigenvalue weighted by molar-refractivity contribution is 0.0886. The van der Waals surface area contributed by atoms with Crippen LogP contribution in [0.1, 0.15) is 42.5 Å². The largest absolute Gasteiger partial charge is 0.346 e. The molecule has 0 radical (unpaired) electrons. The Bertz CT molecular complexity index is 374. The van der Waals surface area contributed by atoms with Crippen molar-refractivity contribution >= 4 is 21.8 Å². The van der Waals surface area contributed by atoms with Crippen LogP contribution in [0.4, 0.5) is 0 Å². The van der Waals surface area contributed by atoms with Crippen molar-refractivity contribution in [2.24, 2.45) is 0 Å². The van der Waals surface area contributed by atoms with E-state index < -0.39 is 0 Å². The van der Waals surface area contributed by atoms with Gasteiger partial charge in [0, 0.05) is 23.3 Å². The van der Waals surface area contributed by atoms with Crippen LogP contribution in [-0.2, 0) is 0 Å². The van der Waals surface area contributed by atoms with Crippen molar-refractivity contribution in [3.8, 4) is 0 Å². The third-order valence-electron chi connectivity index (χ3n) is 3.39. The van der Waals surface area contributed by atoms with Gasteiger partial charge in [-0.3, -0.25) is 9.78 Å². The molecule has 1 amide bonds. The number of nitrogens with one attached hydrogen (secondary N) is 1. The van der Waals surface area contributed by atoms with Crippen LogP contribution in [-0.4, -0.2) is 21.8 Å². The minimum absolute atomic E-state index is 0.00810. The molecule has 1 aromatic rings. The van der Waals surface area contributed by atoms with Crippen LogP contribution < -0.4 is 5.32 Å². The van der Waals surface area contributed by atoms with Crippen LogP contribution in [0.15, 0.2) is 24.5 Å². The first-order valence-corrected chi connectivity index (χ1v) is 7.16. The van der Waals surface area contributed by atoms with E-state index in [-0.39, 0.29) is 11.4 Å². The minimum atomic E-state index is -0.0569. The number of amides is 1. The molecule has 0 spiro atoms. The Morgan fingerprint density at radius 2 is 1.94 bits per heavy atom. The number of hydrogen-bond acceptors (Lipinski definition) is 2. The van der Waals surface area contributed by atoms with Gasteiger partial charge in [-0.05, 0) is 25.0 Å². The lowest BCUT2D eigenvalue weighted by atomic mass is 9.83. The second-order valence-electron chi connectivity index (χ2n) is 4.66. The monoisotopic (exact) mass is 296 g/mol. The Hall–Kier alpha value is -0.900. The molecule has 1 aliphatic carbocycles. The molecule has 1 saturated carbocycles. The summed E-state index contributed by atoms with van der Waals surface area (Å²) in [5.41, 5.74) is 0.629. The summed E-state index contributed by atoms with van der Waals surface area (Å²) in [6, 6.07) is 3.50. The fraction of sp³-hybridized carbons (Fsp3) is 0.538. The van der Waals surface area contributed by atoms with Crippen molar-refractivity contribution in [2.75, 3.05) is 5.33 Å². The van der Waals surface area contributed by atoms with Gasteiger partial charge in [-0.1, -0.05) is 35.2 Å². The van der Waals surface area contributed by atoms with E-state index in [4.69, 9.17) is 0 Å². The fourth-order valence-electron chi connectivity index (χ4n) is 2.34. The molecule has 1 heterocycles. The second-order valence-corrected chi connectivity index (χ2v) is 5.23. The van der Waals surface area contributed by atoms with Gasteiger partial charge in [0.2, 0.25) is 0 Å². The first-order chi connectivity index (χ1) is 8.26. The standard InChI is InChI=1S/C13H17BrN2O/c14-10-13(6-2-1-3-7-13)16-12(17)11-4-8-15-9-5-11/h4-5,8-9H,1-3,6-7,10H2,(H,16,17). The third-order valence-corrected chi connectivity index (χ3v) is 4.46. The number of rotatable bonds is 3. The number of aromatic nitrogens is 1. The number of carbonyl (C=O) groups excluding carboxylic acids is 1. The Labute approximate surface area is 110 Å². The first kappa shape index (κ1) is 12.6. The van der Waals surface area contributed by atoms with E-state index in [9.17, 15) is 4.79 Å². The smallest absolute Gasteiger partial charge is 0.251 e. The number of pyridine rings is 1. The van der Waals surface area contributed by atoms with E-state index in [1.54, 1.807) is 24.5 Å². The van der Waals surface area contributed by atoms with E-state index in [2.05, 4.69) is 26.2 Å². The molecular weight excluding hydrogens is 280 g/mol. The molecule has 1 aromatic heterocycles. The highest BCUT2D eigenvalue weighted by atomic mass is 79.9. The molecule has 1 fully saturated rings. The number of halogens is 1. The summed E-state index contributed by atoms with van der Waals surface area (Å²) in [7, 11) is 0. The van der Waals surface area contributed by atoms with Gasteiger partial charge in [0.25, 0.3) is 5.91 Å². The highest BCUT2D eigenvalue weighted by Crippen LogP contribution is 2.30. The van der Waals surface area contributed by atoms with Crippen molar-refractivity contribution in [3.63, 3.8) is 0 Å². The summed E-state index contributed by atoms with van der Waals surface area (Å²) in [6.45, 7) is 0. The summed E-state index contributed by atoms with van der Waals surface area (Å²) in [6.07, 6.45) is 9.10. The third kappa shape index (κ3) is 3.06. The van der Waals surface area contributed by atoms with Gasteiger partial charge in [0.05, 0.1) is 5.54 Å². The Morgan fingerprint density at radius 1 is 1.29 bits per heavy atom. The van der Waals surface area contributed by atoms with E-state index in [0.717, 1.165) is 18.2 Å². The molecular formula is C13H17BrN2O. The highest BCUT2D eigenvalue weighted by molar-refractivity contribution is 9.09. The Balaban J connectivity index is 2.06. The zero-order valence-electron chi connectivity index (χ0n) is 9.79. The van der Waals surface area contributed by atoms with Gasteiger partial charge in [-0.25, -0.2) is 0 Å². The van der Waals surface area contributed by atoms with Crippen molar-refractivity contribution in [1.82, 2.24) is 10.3 Å². The predicted octanol–water partition coefficient (Wildman–Crippen LogP) is 2.91. The summed E-state index contributed by atoms with van der Waals surface area (Å²) in [4.78, 5) is 16.0. The summed E-state index contributed by atoms with van der Waals surface area (Å²) < 4.78 is 0. The van der Waals surface area contributed by atoms with Crippen molar-refractivity contribution in [1.29, 1.82) is 0 Å². The molecule has 4 heteroatoms. The van der Waals surface area contributed by atoms with Gasteiger partial charge in [-0.2, -0.15) is 0 Å². The van der Waals surface area contributed by atoms with Crippen LogP contribution in [0.5, 0.6) is 0 Å². The number of carbonyl (C=O) groups is 1. The van der Waals surface area contributed by atoms with Crippen LogP contribution in [0.2, 0.25) is 0 Å². The van der Waals surface area contributed by atoms with Crippen molar-refractivity contribution in [3.05, 3.63) is 30.1 Å². The van der Waals surface area contributed by atoms with Crippen LogP contribution >= 0.6 is 15.9 Å². The lowest BCUT2D eigenvalue weighted by Gasteiger charge is -2.36. The van der Waals surface area contributed by atoms with Crippen LogP contribution in [0.3, 0.4) is 0 Å². The van der Waals surface area contributed by atoms with Crippen LogP contribution in [0, 0.1) is 0 Å². The number of hydrogen-bond donors (Lipinski definition) is 1. The Morgan fingerprint density at radius 3 is 2.53 bits per heavy atom. The zero-order valence-corrected chi connectivity index (χ0v) is 11.4. The summed E-state index contributed by atoms with van der Waals surface area (Å²) in [5.74, 6) is 0.00810. The zero-order chi connectivity index (χ0) is 12.1. The van der Waals surface area contributed by atoms with Crippen LogP contribution in [0.25, 0.3) is 0 Å². The molecule has 0 bridgehead atoms. The van der Waals surface area contributed by atoms with E-state index in [1.165, 1.54) is 19.3 Å². The van der Waals surface area contributed by atoms with E-state index in [1.807, 2.05) is 0 Å². The molecule has 1 aliphatic rings. The van der Waals surface area contributed by atoms with Gasteiger partial charge < -0.3 is 5.32 Å². The SMILES string of the molecule is O=C(NC1(CBr)CCCCC1)c1ccncc1. The molecule has 0 unspecified atom stereocenters. The molecule has 0 aliphatic heterocycles. The fourth-order valence-corrected chi connectivity index (χ4v) is 3.04. The van der Waals surface area contributed by atoms with E-state index in [0.29, 0.717) is 5.56 Å². The number of nitrogens with zero attached hydrogens (tertiary/aromatic N) is 1. The molecule has 0 atom stereocenters. The average Bonchev–Trinajstić information content (AvgIpc) is 2.41. The maximum absolute atomic E-state index is 12.1. The molecule has 3 nitrogen and oxygen atoms in total. The molecule has 17 heavy (non-hydrogen) atoms.